The Bertz CT molecular complexity index is 937. The minimum atomic E-state index is -5.03. The minimum Gasteiger partial charge on any atom is -0.460 e. The first-order valence-corrected chi connectivity index (χ1v) is 14.8. The van der Waals surface area contributed by atoms with Crippen LogP contribution in [0.5, 0.6) is 0 Å². The Kier molecular flexibility index (Phi) is 12.1. The Hall–Kier alpha value is -1.72. The van der Waals surface area contributed by atoms with Crippen molar-refractivity contribution in [3.05, 3.63) is 35.9 Å². The molecule has 1 aromatic carbocycles. The van der Waals surface area contributed by atoms with Gasteiger partial charge >= 0.3 is 12.1 Å². The highest BCUT2D eigenvalue weighted by atomic mass is 19.4. The topological polar surface area (TPSA) is 72.5 Å². The molecule has 0 amide bonds. The molecule has 0 bridgehead atoms. The molecule has 0 aliphatic carbocycles. The van der Waals surface area contributed by atoms with Crippen molar-refractivity contribution in [1.29, 1.82) is 0 Å². The van der Waals surface area contributed by atoms with Crippen LogP contribution in [0.1, 0.15) is 97.5 Å². The first-order chi connectivity index (χ1) is 19.3. The van der Waals surface area contributed by atoms with Gasteiger partial charge in [0, 0.05) is 12.7 Å². The minimum absolute atomic E-state index is 0.208. The second kappa shape index (κ2) is 14.6. The molecule has 10 heteroatoms. The number of benzene rings is 1. The maximum atomic E-state index is 14.2. The molecule has 2 saturated heterocycles. The van der Waals surface area contributed by atoms with E-state index in [4.69, 9.17) is 28.4 Å². The third-order valence-electron chi connectivity index (χ3n) is 7.67. The average molecular weight is 589 g/mol. The molecule has 0 radical (unpaired) electrons. The van der Waals surface area contributed by atoms with Crippen LogP contribution < -0.4 is 0 Å². The van der Waals surface area contributed by atoms with Gasteiger partial charge in [-0.15, -0.1) is 0 Å². The molecule has 7 nitrogen and oxygen atoms in total. The van der Waals surface area contributed by atoms with Gasteiger partial charge in [0.1, 0.15) is 12.7 Å². The number of rotatable bonds is 16. The number of alkyl halides is 3. The lowest BCUT2D eigenvalue weighted by Gasteiger charge is -2.32. The molecule has 2 heterocycles. The zero-order valence-corrected chi connectivity index (χ0v) is 25.1. The summed E-state index contributed by atoms with van der Waals surface area (Å²) in [4.78, 5) is 12.9. The molecule has 3 rings (SSSR count). The first kappa shape index (κ1) is 33.8. The van der Waals surface area contributed by atoms with Crippen LogP contribution in [0.4, 0.5) is 13.2 Å². The summed E-state index contributed by atoms with van der Waals surface area (Å²) in [6.45, 7) is 7.70. The summed E-state index contributed by atoms with van der Waals surface area (Å²) in [6, 6.07) is 6.78. The molecule has 0 saturated carbocycles. The van der Waals surface area contributed by atoms with Gasteiger partial charge in [-0.1, -0.05) is 81.7 Å². The SMILES string of the molecule is CO[C@](C(=O)OC[C@H]1OC(C)(C)O[C@@H]1CCCCCCCCCC[C@@H]1COC(C)(C)O1)(c1ccccc1)C(F)(F)F. The lowest BCUT2D eigenvalue weighted by atomic mass is 9.92. The standard InChI is InChI=1S/C31H47F3O7/c1-28(2)38-21-24(39-28)19-15-10-8-6-7-9-11-16-20-25-26(41-29(3,4)40-25)22-37-27(35)30(36-5,31(32,33)34)23-17-13-12-14-18-23/h12-14,17-18,24-26H,6-11,15-16,19-22H2,1-5H3/t24-,25-,26-,30+/m1/s1. The van der Waals surface area contributed by atoms with Gasteiger partial charge in [0.15, 0.2) is 11.6 Å². The molecule has 2 aliphatic rings. The van der Waals surface area contributed by atoms with E-state index in [0.717, 1.165) is 45.6 Å². The summed E-state index contributed by atoms with van der Waals surface area (Å²) in [5, 5.41) is 0. The summed E-state index contributed by atoms with van der Waals surface area (Å²) in [6.07, 6.45) is 4.70. The summed E-state index contributed by atoms with van der Waals surface area (Å²) in [5.74, 6) is -2.90. The second-order valence-electron chi connectivity index (χ2n) is 11.9. The summed E-state index contributed by atoms with van der Waals surface area (Å²) < 4.78 is 75.9. The van der Waals surface area contributed by atoms with E-state index in [2.05, 4.69) is 0 Å². The maximum absolute atomic E-state index is 14.2. The zero-order valence-electron chi connectivity index (χ0n) is 25.1. The molecule has 0 unspecified atom stereocenters. The lowest BCUT2D eigenvalue weighted by Crippen LogP contribution is -2.52. The van der Waals surface area contributed by atoms with Gasteiger partial charge in [0.05, 0.1) is 18.8 Å². The van der Waals surface area contributed by atoms with E-state index in [0.29, 0.717) is 13.0 Å². The van der Waals surface area contributed by atoms with Crippen LogP contribution in [-0.4, -0.2) is 62.4 Å². The Balaban J connectivity index is 1.38. The summed E-state index contributed by atoms with van der Waals surface area (Å²) >= 11 is 0. The van der Waals surface area contributed by atoms with E-state index in [1.165, 1.54) is 43.5 Å². The van der Waals surface area contributed by atoms with Crippen LogP contribution in [0.25, 0.3) is 0 Å². The number of hydrogen-bond acceptors (Lipinski definition) is 7. The average Bonchev–Trinajstić information content (AvgIpc) is 3.40. The van der Waals surface area contributed by atoms with Crippen molar-refractivity contribution in [2.24, 2.45) is 0 Å². The van der Waals surface area contributed by atoms with Crippen LogP contribution >= 0.6 is 0 Å². The molecule has 0 spiro atoms. The molecular weight excluding hydrogens is 541 g/mol. The molecule has 234 valence electrons. The second-order valence-corrected chi connectivity index (χ2v) is 11.9. The van der Waals surface area contributed by atoms with E-state index in [1.54, 1.807) is 19.9 Å². The van der Waals surface area contributed by atoms with E-state index in [1.807, 2.05) is 13.8 Å². The molecule has 1 aromatic rings. The first-order valence-electron chi connectivity index (χ1n) is 14.8. The monoisotopic (exact) mass is 588 g/mol. The normalized spacial score (nSPS) is 25.2. The van der Waals surface area contributed by atoms with Gasteiger partial charge in [-0.3, -0.25) is 0 Å². The molecular formula is C31H47F3O7. The smallest absolute Gasteiger partial charge is 0.432 e. The van der Waals surface area contributed by atoms with Crippen LogP contribution in [0.2, 0.25) is 0 Å². The van der Waals surface area contributed by atoms with Crippen LogP contribution in [0, 0.1) is 0 Å². The van der Waals surface area contributed by atoms with Crippen molar-refractivity contribution in [1.82, 2.24) is 0 Å². The Labute approximate surface area is 242 Å². The number of methoxy groups -OCH3 is 1. The van der Waals surface area contributed by atoms with Crippen molar-refractivity contribution < 1.29 is 46.4 Å². The fourth-order valence-electron chi connectivity index (χ4n) is 5.62. The number of hydrogen-bond donors (Lipinski definition) is 0. The van der Waals surface area contributed by atoms with E-state index < -0.39 is 35.4 Å². The number of carbonyl (C=O) groups is 1. The van der Waals surface area contributed by atoms with Gasteiger partial charge in [-0.25, -0.2) is 4.79 Å². The van der Waals surface area contributed by atoms with Crippen molar-refractivity contribution in [2.45, 2.75) is 134 Å². The number of esters is 1. The Morgan fingerprint density at radius 2 is 1.39 bits per heavy atom. The largest absolute Gasteiger partial charge is 0.460 e. The van der Waals surface area contributed by atoms with Gasteiger partial charge < -0.3 is 28.4 Å². The van der Waals surface area contributed by atoms with Crippen LogP contribution in [0.15, 0.2) is 30.3 Å². The van der Waals surface area contributed by atoms with Crippen molar-refractivity contribution in [2.75, 3.05) is 20.3 Å². The third-order valence-corrected chi connectivity index (χ3v) is 7.67. The van der Waals surface area contributed by atoms with Crippen molar-refractivity contribution in [3.63, 3.8) is 0 Å². The predicted molar refractivity (Wildman–Crippen MR) is 147 cm³/mol. The van der Waals surface area contributed by atoms with E-state index >= 15 is 0 Å². The zero-order chi connectivity index (χ0) is 30.2. The van der Waals surface area contributed by atoms with Gasteiger partial charge in [0.25, 0.3) is 5.60 Å². The van der Waals surface area contributed by atoms with Gasteiger partial charge in [-0.05, 0) is 40.5 Å². The highest BCUT2D eigenvalue weighted by molar-refractivity contribution is 5.82. The van der Waals surface area contributed by atoms with Gasteiger partial charge in [0.2, 0.25) is 0 Å². The Morgan fingerprint density at radius 1 is 0.829 bits per heavy atom. The molecule has 41 heavy (non-hydrogen) atoms. The number of unbranched alkanes of at least 4 members (excludes halogenated alkanes) is 7. The molecule has 2 aliphatic heterocycles. The molecule has 4 atom stereocenters. The van der Waals surface area contributed by atoms with Crippen molar-refractivity contribution >= 4 is 5.97 Å². The Morgan fingerprint density at radius 3 is 1.93 bits per heavy atom. The highest BCUT2D eigenvalue weighted by Crippen LogP contribution is 2.43. The number of carbonyl (C=O) groups excluding carboxylic acids is 1. The molecule has 2 fully saturated rings. The van der Waals surface area contributed by atoms with Crippen LogP contribution in [0.3, 0.4) is 0 Å². The van der Waals surface area contributed by atoms with Crippen LogP contribution in [-0.2, 0) is 38.8 Å². The summed E-state index contributed by atoms with van der Waals surface area (Å²) in [7, 11) is 0.851. The fourth-order valence-corrected chi connectivity index (χ4v) is 5.62. The predicted octanol–water partition coefficient (Wildman–Crippen LogP) is 7.21. The van der Waals surface area contributed by atoms with E-state index in [9.17, 15) is 18.0 Å². The quantitative estimate of drug-likeness (QED) is 0.149. The van der Waals surface area contributed by atoms with E-state index in [-0.39, 0.29) is 24.4 Å². The maximum Gasteiger partial charge on any atom is 0.432 e. The fraction of sp³-hybridized carbons (Fsp3) is 0.774. The number of halogens is 3. The third kappa shape index (κ3) is 9.38. The number of ether oxygens (including phenoxy) is 6. The molecule has 0 aromatic heterocycles. The van der Waals surface area contributed by atoms with Gasteiger partial charge in [-0.2, -0.15) is 13.2 Å². The van der Waals surface area contributed by atoms with Crippen molar-refractivity contribution in [3.8, 4) is 0 Å². The lowest BCUT2D eigenvalue weighted by molar-refractivity contribution is -0.277. The summed E-state index contributed by atoms with van der Waals surface area (Å²) in [5.41, 5.74) is -3.57. The molecule has 0 N–H and O–H groups in total. The highest BCUT2D eigenvalue weighted by Gasteiger charge is 2.64.